The number of benzene rings is 1. The van der Waals surface area contributed by atoms with E-state index < -0.39 is 9.05 Å². The lowest BCUT2D eigenvalue weighted by atomic mass is 10.1. The van der Waals surface area contributed by atoms with Gasteiger partial charge in [0.2, 0.25) is 0 Å². The van der Waals surface area contributed by atoms with E-state index in [4.69, 9.17) is 10.7 Å². The molecule has 1 aromatic carbocycles. The molecule has 1 N–H and O–H groups in total. The standard InChI is InChI=1S/C11H16ClNO2S/c1-3-7-13-10-8-9(4-2)5-6-11(10)16(12,14)15/h5-6,8,13H,3-4,7H2,1-2H3. The van der Waals surface area contributed by atoms with Gasteiger partial charge in [0, 0.05) is 17.2 Å². The van der Waals surface area contributed by atoms with Crippen LogP contribution >= 0.6 is 10.7 Å². The Morgan fingerprint density at radius 2 is 2.00 bits per heavy atom. The number of nitrogens with one attached hydrogen (secondary N) is 1. The largest absolute Gasteiger partial charge is 0.384 e. The first-order chi connectivity index (χ1) is 7.49. The van der Waals surface area contributed by atoms with Crippen molar-refractivity contribution in [2.75, 3.05) is 11.9 Å². The number of aryl methyl sites for hydroxylation is 1. The number of hydrogen-bond acceptors (Lipinski definition) is 3. The van der Waals surface area contributed by atoms with Crippen molar-refractivity contribution in [3.63, 3.8) is 0 Å². The summed E-state index contributed by atoms with van der Waals surface area (Å²) in [6.45, 7) is 4.77. The molecule has 5 heteroatoms. The predicted octanol–water partition coefficient (Wildman–Crippen LogP) is 3.00. The second-order valence-corrected chi connectivity index (χ2v) is 6.08. The van der Waals surface area contributed by atoms with E-state index in [0.717, 1.165) is 24.9 Å². The van der Waals surface area contributed by atoms with Gasteiger partial charge in [-0.1, -0.05) is 19.9 Å². The van der Waals surface area contributed by atoms with Crippen molar-refractivity contribution in [3.8, 4) is 0 Å². The SMILES string of the molecule is CCCNc1cc(CC)ccc1S(=O)(=O)Cl. The monoisotopic (exact) mass is 261 g/mol. The molecule has 0 radical (unpaired) electrons. The molecule has 0 aromatic heterocycles. The van der Waals surface area contributed by atoms with E-state index in [2.05, 4.69) is 5.32 Å². The van der Waals surface area contributed by atoms with Gasteiger partial charge in [-0.05, 0) is 30.5 Å². The minimum Gasteiger partial charge on any atom is -0.384 e. The molecule has 0 unspecified atom stereocenters. The van der Waals surface area contributed by atoms with E-state index in [1.54, 1.807) is 12.1 Å². The fourth-order valence-electron chi connectivity index (χ4n) is 1.41. The van der Waals surface area contributed by atoms with E-state index in [1.165, 1.54) is 0 Å². The van der Waals surface area contributed by atoms with Crippen molar-refractivity contribution in [2.45, 2.75) is 31.6 Å². The fourth-order valence-corrected chi connectivity index (χ4v) is 2.44. The molecule has 0 heterocycles. The van der Waals surface area contributed by atoms with Crippen molar-refractivity contribution >= 4 is 25.4 Å². The summed E-state index contributed by atoms with van der Waals surface area (Å²) in [6.07, 6.45) is 1.79. The van der Waals surface area contributed by atoms with Gasteiger partial charge in [-0.2, -0.15) is 0 Å². The Morgan fingerprint density at radius 1 is 1.31 bits per heavy atom. The van der Waals surface area contributed by atoms with Gasteiger partial charge >= 0.3 is 0 Å². The quantitative estimate of drug-likeness (QED) is 0.829. The molecular formula is C11H16ClNO2S. The summed E-state index contributed by atoms with van der Waals surface area (Å²) in [5, 5.41) is 3.08. The second-order valence-electron chi connectivity index (χ2n) is 3.55. The van der Waals surface area contributed by atoms with Gasteiger partial charge < -0.3 is 5.32 Å². The minimum absolute atomic E-state index is 0.153. The molecule has 1 aromatic rings. The normalized spacial score (nSPS) is 11.4. The van der Waals surface area contributed by atoms with Crippen LogP contribution in [0.2, 0.25) is 0 Å². The summed E-state index contributed by atoms with van der Waals surface area (Å²) < 4.78 is 22.7. The van der Waals surface area contributed by atoms with Crippen LogP contribution < -0.4 is 5.32 Å². The zero-order chi connectivity index (χ0) is 12.2. The summed E-state index contributed by atoms with van der Waals surface area (Å²) in [4.78, 5) is 0.153. The van der Waals surface area contributed by atoms with Gasteiger partial charge in [0.1, 0.15) is 4.90 Å². The Bertz CT molecular complexity index is 457. The third-order valence-electron chi connectivity index (χ3n) is 2.28. The van der Waals surface area contributed by atoms with Crippen LogP contribution in [0.5, 0.6) is 0 Å². The highest BCUT2D eigenvalue weighted by Crippen LogP contribution is 2.26. The highest BCUT2D eigenvalue weighted by atomic mass is 35.7. The third kappa shape index (κ3) is 3.39. The lowest BCUT2D eigenvalue weighted by Gasteiger charge is -2.10. The average Bonchev–Trinajstić information content (AvgIpc) is 2.24. The van der Waals surface area contributed by atoms with Crippen LogP contribution in [0.1, 0.15) is 25.8 Å². The van der Waals surface area contributed by atoms with Crippen LogP contribution in [0.4, 0.5) is 5.69 Å². The van der Waals surface area contributed by atoms with Gasteiger partial charge in [-0.3, -0.25) is 0 Å². The highest BCUT2D eigenvalue weighted by Gasteiger charge is 2.15. The van der Waals surface area contributed by atoms with Crippen molar-refractivity contribution in [2.24, 2.45) is 0 Å². The lowest BCUT2D eigenvalue weighted by Crippen LogP contribution is -2.05. The molecule has 0 spiro atoms. The topological polar surface area (TPSA) is 46.2 Å². The summed E-state index contributed by atoms with van der Waals surface area (Å²) in [5.74, 6) is 0. The van der Waals surface area contributed by atoms with Crippen molar-refractivity contribution in [3.05, 3.63) is 23.8 Å². The lowest BCUT2D eigenvalue weighted by molar-refractivity contribution is 0.610. The molecule has 0 bridgehead atoms. The number of halogens is 1. The molecule has 0 saturated heterocycles. The average molecular weight is 262 g/mol. The van der Waals surface area contributed by atoms with E-state index in [0.29, 0.717) is 5.69 Å². The predicted molar refractivity (Wildman–Crippen MR) is 67.6 cm³/mol. The second kappa shape index (κ2) is 5.55. The minimum atomic E-state index is -3.68. The zero-order valence-corrected chi connectivity index (χ0v) is 11.0. The molecule has 3 nitrogen and oxygen atoms in total. The van der Waals surface area contributed by atoms with E-state index in [1.807, 2.05) is 19.9 Å². The van der Waals surface area contributed by atoms with Crippen molar-refractivity contribution in [1.29, 1.82) is 0 Å². The van der Waals surface area contributed by atoms with Crippen molar-refractivity contribution in [1.82, 2.24) is 0 Å². The third-order valence-corrected chi connectivity index (χ3v) is 3.66. The van der Waals surface area contributed by atoms with Crippen LogP contribution in [0, 0.1) is 0 Å². The smallest absolute Gasteiger partial charge is 0.263 e. The van der Waals surface area contributed by atoms with Crippen molar-refractivity contribution < 1.29 is 8.42 Å². The first-order valence-electron chi connectivity index (χ1n) is 5.30. The Balaban J connectivity index is 3.16. The molecule has 0 aliphatic carbocycles. The summed E-state index contributed by atoms with van der Waals surface area (Å²) >= 11 is 0. The molecule has 1 rings (SSSR count). The molecule has 0 amide bonds. The van der Waals surface area contributed by atoms with Gasteiger partial charge in [0.05, 0.1) is 5.69 Å². The van der Waals surface area contributed by atoms with E-state index >= 15 is 0 Å². The van der Waals surface area contributed by atoms with Gasteiger partial charge in [-0.15, -0.1) is 0 Å². The Labute approximate surface area is 101 Å². The summed E-state index contributed by atoms with van der Waals surface area (Å²) in [6, 6.07) is 5.18. The number of rotatable bonds is 5. The van der Waals surface area contributed by atoms with E-state index in [9.17, 15) is 8.42 Å². The highest BCUT2D eigenvalue weighted by molar-refractivity contribution is 8.13. The Morgan fingerprint density at radius 3 is 2.50 bits per heavy atom. The summed E-state index contributed by atoms with van der Waals surface area (Å²) in [5.41, 5.74) is 1.68. The number of anilines is 1. The molecular weight excluding hydrogens is 246 g/mol. The number of hydrogen-bond donors (Lipinski definition) is 1. The maximum absolute atomic E-state index is 11.3. The molecule has 0 aliphatic heterocycles. The van der Waals surface area contributed by atoms with Crippen LogP contribution in [0.3, 0.4) is 0 Å². The van der Waals surface area contributed by atoms with Gasteiger partial charge in [-0.25, -0.2) is 8.42 Å². The molecule has 0 atom stereocenters. The molecule has 90 valence electrons. The first-order valence-corrected chi connectivity index (χ1v) is 7.61. The maximum Gasteiger partial charge on any atom is 0.263 e. The Kier molecular flexibility index (Phi) is 4.62. The maximum atomic E-state index is 11.3. The molecule has 0 fully saturated rings. The van der Waals surface area contributed by atoms with Crippen LogP contribution in [-0.4, -0.2) is 15.0 Å². The summed E-state index contributed by atoms with van der Waals surface area (Å²) in [7, 11) is 1.69. The van der Waals surface area contributed by atoms with E-state index in [-0.39, 0.29) is 4.90 Å². The van der Waals surface area contributed by atoms with Crippen LogP contribution in [0.15, 0.2) is 23.1 Å². The van der Waals surface area contributed by atoms with Gasteiger partial charge in [0.25, 0.3) is 9.05 Å². The molecule has 0 aliphatic rings. The molecule has 0 saturated carbocycles. The van der Waals surface area contributed by atoms with Crippen LogP contribution in [0.25, 0.3) is 0 Å². The fraction of sp³-hybridized carbons (Fsp3) is 0.455. The van der Waals surface area contributed by atoms with Crippen LogP contribution in [-0.2, 0) is 15.5 Å². The zero-order valence-electron chi connectivity index (χ0n) is 9.46. The van der Waals surface area contributed by atoms with Gasteiger partial charge in [0.15, 0.2) is 0 Å². The Hall–Kier alpha value is -0.740. The molecule has 16 heavy (non-hydrogen) atoms. The first kappa shape index (κ1) is 13.3.